The summed E-state index contributed by atoms with van der Waals surface area (Å²) in [5, 5.41) is 8.32. The minimum Gasteiger partial charge on any atom is -0.493 e. The van der Waals surface area contributed by atoms with E-state index < -0.39 is 11.6 Å². The fraction of sp³-hybridized carbons (Fsp3) is 0.368. The van der Waals surface area contributed by atoms with Gasteiger partial charge in [0.15, 0.2) is 17.4 Å². The van der Waals surface area contributed by atoms with E-state index in [1.807, 2.05) is 43.2 Å². The third-order valence-electron chi connectivity index (χ3n) is 9.96. The lowest BCUT2D eigenvalue weighted by atomic mass is 9.92. The molecule has 0 saturated carbocycles. The molecule has 1 saturated heterocycles. The van der Waals surface area contributed by atoms with Crippen LogP contribution in [0.25, 0.3) is 27.6 Å². The van der Waals surface area contributed by atoms with Crippen LogP contribution in [-0.2, 0) is 17.8 Å². The van der Waals surface area contributed by atoms with Gasteiger partial charge in [0, 0.05) is 86.4 Å². The number of hydrogen-bond acceptors (Lipinski definition) is 8. The van der Waals surface area contributed by atoms with Crippen molar-refractivity contribution >= 4 is 34.1 Å². The Hall–Kier alpha value is -5.66. The fourth-order valence-electron chi connectivity index (χ4n) is 7.01. The zero-order valence-electron chi connectivity index (χ0n) is 29.7. The number of rotatable bonds is 9. The molecule has 52 heavy (non-hydrogen) atoms. The Kier molecular flexibility index (Phi) is 9.71. The van der Waals surface area contributed by atoms with Gasteiger partial charge in [-0.05, 0) is 61.6 Å². The number of ether oxygens (including phenoxy) is 1. The van der Waals surface area contributed by atoms with Crippen molar-refractivity contribution in [3.05, 3.63) is 88.8 Å². The topological polar surface area (TPSA) is 125 Å². The summed E-state index contributed by atoms with van der Waals surface area (Å²) >= 11 is 0. The largest absolute Gasteiger partial charge is 0.493 e. The van der Waals surface area contributed by atoms with Crippen molar-refractivity contribution in [3.8, 4) is 16.9 Å². The Morgan fingerprint density at radius 1 is 0.981 bits per heavy atom. The van der Waals surface area contributed by atoms with E-state index in [1.54, 1.807) is 39.9 Å². The van der Waals surface area contributed by atoms with Gasteiger partial charge >= 0.3 is 0 Å². The van der Waals surface area contributed by atoms with Crippen LogP contribution in [0.4, 0.5) is 14.6 Å². The first-order chi connectivity index (χ1) is 25.1. The van der Waals surface area contributed by atoms with Gasteiger partial charge < -0.3 is 24.4 Å². The number of anilines is 1. The number of aryl methyl sites for hydroxylation is 4. The summed E-state index contributed by atoms with van der Waals surface area (Å²) in [6.45, 7) is 8.53. The monoisotopic (exact) mass is 709 g/mol. The summed E-state index contributed by atoms with van der Waals surface area (Å²) in [5.41, 5.74) is 5.36. The molecule has 0 aliphatic carbocycles. The molecule has 12 nitrogen and oxygen atoms in total. The molecule has 14 heteroatoms. The summed E-state index contributed by atoms with van der Waals surface area (Å²) in [6.07, 6.45) is 8.70. The number of benzene rings is 1. The molecule has 0 atom stereocenters. The van der Waals surface area contributed by atoms with E-state index in [0.717, 1.165) is 28.8 Å². The molecule has 6 heterocycles. The van der Waals surface area contributed by atoms with Crippen molar-refractivity contribution < 1.29 is 23.1 Å². The summed E-state index contributed by atoms with van der Waals surface area (Å²) in [4.78, 5) is 44.8. The van der Waals surface area contributed by atoms with Gasteiger partial charge in [0.2, 0.25) is 5.91 Å². The molecule has 1 N–H and O–H groups in total. The number of pyridine rings is 2. The maximum atomic E-state index is 16.7. The van der Waals surface area contributed by atoms with E-state index in [0.29, 0.717) is 73.8 Å². The number of aromatic nitrogens is 6. The smallest absolute Gasteiger partial charge is 0.270 e. The summed E-state index contributed by atoms with van der Waals surface area (Å²) < 4.78 is 37.9. The SMILES string of the molecule is CCc1cc(C)c(-c2cc(C3=CCCN(C(=O)CCn4ccnn4)C3)c(F)c3[nH]c(C(=O)N4CCN(c5nc(C)c(F)cc5OC)CC4)cc23)cn1. The zero-order chi connectivity index (χ0) is 36.5. The third kappa shape index (κ3) is 6.72. The van der Waals surface area contributed by atoms with Gasteiger partial charge in [0.1, 0.15) is 11.5 Å². The Balaban J connectivity index is 1.19. The first-order valence-electron chi connectivity index (χ1n) is 17.5. The van der Waals surface area contributed by atoms with Gasteiger partial charge in [-0.2, -0.15) is 0 Å². The Morgan fingerprint density at radius 2 is 1.79 bits per heavy atom. The Bertz CT molecular complexity index is 2170. The lowest BCUT2D eigenvalue weighted by Gasteiger charge is -2.35. The van der Waals surface area contributed by atoms with Crippen molar-refractivity contribution in [3.63, 3.8) is 0 Å². The minimum absolute atomic E-state index is 0.0466. The van der Waals surface area contributed by atoms with E-state index in [2.05, 4.69) is 25.3 Å². The van der Waals surface area contributed by atoms with E-state index in [9.17, 15) is 14.0 Å². The number of methoxy groups -OCH3 is 1. The van der Waals surface area contributed by atoms with E-state index >= 15 is 4.39 Å². The predicted molar refractivity (Wildman–Crippen MR) is 193 cm³/mol. The van der Waals surface area contributed by atoms with Crippen LogP contribution in [0, 0.1) is 25.5 Å². The number of nitrogens with zero attached hydrogens (tertiary/aromatic N) is 8. The standard InChI is InChI=1S/C38H41F2N9O3/c1-5-26-17-23(2)30(21-41-26)28-18-27(25-7-6-10-48(22-25)34(50)8-11-49-12-9-42-45-49)35(40)36-29(28)19-32(44-36)38(51)47-15-13-46(14-16-47)37-33(52-4)20-31(39)24(3)43-37/h7,9,12,17-21,44H,5-6,8,10-11,13-16,22H2,1-4H3. The second-order valence-corrected chi connectivity index (χ2v) is 13.2. The molecular formula is C38H41F2N9O3. The number of amides is 2. The van der Waals surface area contributed by atoms with Gasteiger partial charge in [-0.3, -0.25) is 19.3 Å². The number of hydrogen-bond donors (Lipinski definition) is 1. The lowest BCUT2D eigenvalue weighted by molar-refractivity contribution is -0.131. The van der Waals surface area contributed by atoms with Gasteiger partial charge in [0.05, 0.1) is 31.1 Å². The number of carbonyl (C=O) groups excluding carboxylic acids is 2. The van der Waals surface area contributed by atoms with Gasteiger partial charge in [0.25, 0.3) is 5.91 Å². The first-order valence-corrected chi connectivity index (χ1v) is 17.5. The van der Waals surface area contributed by atoms with Crippen LogP contribution >= 0.6 is 0 Å². The van der Waals surface area contributed by atoms with Crippen molar-refractivity contribution in [2.45, 2.75) is 46.6 Å². The van der Waals surface area contributed by atoms with E-state index in [-0.39, 0.29) is 41.7 Å². The fourth-order valence-corrected chi connectivity index (χ4v) is 7.01. The molecule has 0 radical (unpaired) electrons. The lowest BCUT2D eigenvalue weighted by Crippen LogP contribution is -2.49. The second-order valence-electron chi connectivity index (χ2n) is 13.2. The third-order valence-corrected chi connectivity index (χ3v) is 9.96. The summed E-state index contributed by atoms with van der Waals surface area (Å²) in [6, 6.07) is 6.91. The van der Waals surface area contributed by atoms with Gasteiger partial charge in [-0.15, -0.1) is 5.10 Å². The van der Waals surface area contributed by atoms with Crippen molar-refractivity contribution in [1.82, 2.24) is 39.7 Å². The molecule has 2 aliphatic heterocycles. The van der Waals surface area contributed by atoms with Gasteiger partial charge in [-0.1, -0.05) is 18.2 Å². The van der Waals surface area contributed by atoms with Crippen LogP contribution in [0.2, 0.25) is 0 Å². The van der Waals surface area contributed by atoms with E-state index in [1.165, 1.54) is 13.2 Å². The molecule has 2 amide bonds. The first kappa shape index (κ1) is 34.8. The maximum absolute atomic E-state index is 16.7. The van der Waals surface area contributed by atoms with Gasteiger partial charge in [-0.25, -0.2) is 13.8 Å². The van der Waals surface area contributed by atoms with Crippen LogP contribution in [-0.4, -0.2) is 97.9 Å². The predicted octanol–water partition coefficient (Wildman–Crippen LogP) is 5.35. The molecule has 0 unspecified atom stereocenters. The molecule has 7 rings (SSSR count). The van der Waals surface area contributed by atoms with Crippen LogP contribution in [0.15, 0.2) is 48.9 Å². The molecular weight excluding hydrogens is 668 g/mol. The zero-order valence-corrected chi connectivity index (χ0v) is 29.7. The number of halogens is 2. The van der Waals surface area contributed by atoms with Crippen LogP contribution < -0.4 is 9.64 Å². The maximum Gasteiger partial charge on any atom is 0.270 e. The van der Waals surface area contributed by atoms with Crippen LogP contribution in [0.1, 0.15) is 52.8 Å². The highest BCUT2D eigenvalue weighted by atomic mass is 19.1. The second kappa shape index (κ2) is 14.5. The number of nitrogens with one attached hydrogen (secondary N) is 1. The van der Waals surface area contributed by atoms with E-state index in [4.69, 9.17) is 4.74 Å². The summed E-state index contributed by atoms with van der Waals surface area (Å²) in [5.74, 6) is -0.359. The molecule has 0 spiro atoms. The molecule has 1 fully saturated rings. The number of H-pyrrole nitrogens is 1. The number of aromatic amines is 1. The average molecular weight is 710 g/mol. The van der Waals surface area contributed by atoms with Crippen molar-refractivity contribution in [2.75, 3.05) is 51.3 Å². The molecule has 5 aromatic rings. The molecule has 270 valence electrons. The minimum atomic E-state index is -0.480. The van der Waals surface area contributed by atoms with Crippen molar-refractivity contribution in [1.29, 1.82) is 0 Å². The Morgan fingerprint density at radius 3 is 2.50 bits per heavy atom. The van der Waals surface area contributed by atoms with Crippen LogP contribution in [0.5, 0.6) is 5.75 Å². The number of fused-ring (bicyclic) bond motifs is 1. The summed E-state index contributed by atoms with van der Waals surface area (Å²) in [7, 11) is 1.47. The van der Waals surface area contributed by atoms with Crippen molar-refractivity contribution in [2.24, 2.45) is 0 Å². The molecule has 1 aromatic carbocycles. The highest BCUT2D eigenvalue weighted by Gasteiger charge is 2.29. The highest BCUT2D eigenvalue weighted by molar-refractivity contribution is 6.05. The average Bonchev–Trinajstić information content (AvgIpc) is 3.86. The quantitative estimate of drug-likeness (QED) is 0.217. The normalized spacial score (nSPS) is 15.0. The number of piperazine rings is 1. The molecule has 4 aromatic heterocycles. The number of carbonyl (C=O) groups is 2. The highest BCUT2D eigenvalue weighted by Crippen LogP contribution is 2.38. The molecule has 2 aliphatic rings. The molecule has 0 bridgehead atoms. The van der Waals surface area contributed by atoms with Crippen LogP contribution in [0.3, 0.4) is 0 Å². The Labute approximate surface area is 300 Å².